The van der Waals surface area contributed by atoms with Gasteiger partial charge in [-0.1, -0.05) is 23.8 Å². The Hall–Kier alpha value is -1.40. The van der Waals surface area contributed by atoms with Crippen LogP contribution in [0.2, 0.25) is 0 Å². The van der Waals surface area contributed by atoms with Crippen LogP contribution in [0.5, 0.6) is 5.75 Å². The molecule has 0 amide bonds. The van der Waals surface area contributed by atoms with E-state index in [-0.39, 0.29) is 6.04 Å². The normalized spacial score (nSPS) is 20.5. The Morgan fingerprint density at radius 2 is 2.26 bits per heavy atom. The topological polar surface area (TPSA) is 52.9 Å². The van der Waals surface area contributed by atoms with Gasteiger partial charge in [-0.25, -0.2) is 0 Å². The fourth-order valence-corrected chi connectivity index (χ4v) is 3.75. The molecule has 1 aromatic carbocycles. The zero-order valence-electron chi connectivity index (χ0n) is 13.3. The van der Waals surface area contributed by atoms with Gasteiger partial charge in [0.2, 0.25) is 0 Å². The van der Waals surface area contributed by atoms with E-state index >= 15 is 0 Å². The quantitative estimate of drug-likeness (QED) is 0.883. The van der Waals surface area contributed by atoms with E-state index < -0.39 is 6.10 Å². The van der Waals surface area contributed by atoms with Crippen LogP contribution >= 0.6 is 11.3 Å². The molecule has 1 aliphatic heterocycles. The lowest BCUT2D eigenvalue weighted by Gasteiger charge is -2.36. The molecule has 2 heterocycles. The van der Waals surface area contributed by atoms with E-state index in [1.807, 2.05) is 36.6 Å². The van der Waals surface area contributed by atoms with Gasteiger partial charge in [-0.3, -0.25) is 4.90 Å². The molecule has 1 saturated heterocycles. The first kappa shape index (κ1) is 16.5. The zero-order chi connectivity index (χ0) is 16.2. The fraction of sp³-hybridized carbons (Fsp3) is 0.444. The summed E-state index contributed by atoms with van der Waals surface area (Å²) in [6.07, 6.45) is 0.183. The number of aryl methyl sites for hydroxylation is 1. The summed E-state index contributed by atoms with van der Waals surface area (Å²) >= 11 is 1.58. The van der Waals surface area contributed by atoms with Crippen LogP contribution in [0.4, 0.5) is 0 Å². The monoisotopic (exact) mass is 333 g/mol. The Labute approximate surface area is 141 Å². The first-order chi connectivity index (χ1) is 11.1. The molecule has 124 valence electrons. The molecule has 0 spiro atoms. The lowest BCUT2D eigenvalue weighted by atomic mass is 10.0. The highest BCUT2D eigenvalue weighted by atomic mass is 32.1. The zero-order valence-corrected chi connectivity index (χ0v) is 14.1. The molecule has 2 N–H and O–H groups in total. The smallest absolute Gasteiger partial charge is 0.120 e. The van der Waals surface area contributed by atoms with Crippen LogP contribution in [0.1, 0.15) is 28.5 Å². The van der Waals surface area contributed by atoms with Gasteiger partial charge in [-0.2, -0.15) is 0 Å². The summed E-state index contributed by atoms with van der Waals surface area (Å²) < 4.78 is 5.61. The molecule has 1 aromatic heterocycles. The summed E-state index contributed by atoms with van der Waals surface area (Å²) in [5.74, 6) is 0.333. The molecule has 0 aliphatic carbocycles. The van der Waals surface area contributed by atoms with Crippen LogP contribution in [0.25, 0.3) is 0 Å². The molecule has 2 unspecified atom stereocenters. The van der Waals surface area contributed by atoms with Crippen molar-refractivity contribution < 1.29 is 14.9 Å². The number of phenolic OH excluding ortho intramolecular Hbond substituents is 1. The summed E-state index contributed by atoms with van der Waals surface area (Å²) in [7, 11) is 0. The molecule has 1 aliphatic rings. The van der Waals surface area contributed by atoms with Crippen LogP contribution in [-0.2, 0) is 11.3 Å². The number of morpholine rings is 1. The van der Waals surface area contributed by atoms with Crippen molar-refractivity contribution in [3.05, 3.63) is 51.7 Å². The SMILES string of the molecule is Cc1ccc(O)c(CN2CCOCC2CC(O)c2cccs2)c1. The maximum absolute atomic E-state index is 10.4. The Morgan fingerprint density at radius 1 is 1.39 bits per heavy atom. The number of aromatic hydroxyl groups is 1. The maximum atomic E-state index is 10.4. The van der Waals surface area contributed by atoms with Crippen LogP contribution in [0.3, 0.4) is 0 Å². The number of aliphatic hydroxyl groups is 1. The van der Waals surface area contributed by atoms with Gasteiger partial charge in [0, 0.05) is 29.6 Å². The van der Waals surface area contributed by atoms with Crippen molar-refractivity contribution >= 4 is 11.3 Å². The number of hydrogen-bond acceptors (Lipinski definition) is 5. The van der Waals surface area contributed by atoms with E-state index in [1.54, 1.807) is 17.4 Å². The Balaban J connectivity index is 1.70. The summed E-state index contributed by atoms with van der Waals surface area (Å²) in [6, 6.07) is 9.77. The second-order valence-corrected chi connectivity index (χ2v) is 7.08. The van der Waals surface area contributed by atoms with E-state index in [0.29, 0.717) is 31.9 Å². The van der Waals surface area contributed by atoms with Crippen molar-refractivity contribution in [2.24, 2.45) is 0 Å². The lowest BCUT2D eigenvalue weighted by molar-refractivity contribution is -0.0298. The number of nitrogens with zero attached hydrogens (tertiary/aromatic N) is 1. The molecule has 4 nitrogen and oxygen atoms in total. The van der Waals surface area contributed by atoms with Gasteiger partial charge >= 0.3 is 0 Å². The Morgan fingerprint density at radius 3 is 3.04 bits per heavy atom. The van der Waals surface area contributed by atoms with E-state index in [4.69, 9.17) is 4.74 Å². The van der Waals surface area contributed by atoms with Crippen LogP contribution in [-0.4, -0.2) is 40.9 Å². The van der Waals surface area contributed by atoms with Crippen LogP contribution in [0.15, 0.2) is 35.7 Å². The number of benzene rings is 1. The number of rotatable bonds is 5. The highest BCUT2D eigenvalue weighted by Gasteiger charge is 2.27. The highest BCUT2D eigenvalue weighted by Crippen LogP contribution is 2.28. The molecular weight excluding hydrogens is 310 g/mol. The van der Waals surface area contributed by atoms with E-state index in [1.165, 1.54) is 0 Å². The molecule has 2 atom stereocenters. The van der Waals surface area contributed by atoms with E-state index in [0.717, 1.165) is 22.5 Å². The third kappa shape index (κ3) is 4.12. The van der Waals surface area contributed by atoms with Crippen molar-refractivity contribution in [1.82, 2.24) is 4.90 Å². The number of ether oxygens (including phenoxy) is 1. The predicted octanol–water partition coefficient (Wildman–Crippen LogP) is 3.09. The summed E-state index contributed by atoms with van der Waals surface area (Å²) in [4.78, 5) is 3.29. The van der Waals surface area contributed by atoms with Crippen molar-refractivity contribution in [2.45, 2.75) is 32.0 Å². The molecule has 3 rings (SSSR count). The molecule has 23 heavy (non-hydrogen) atoms. The lowest BCUT2D eigenvalue weighted by Crippen LogP contribution is -2.45. The average Bonchev–Trinajstić information content (AvgIpc) is 3.07. The minimum atomic E-state index is -0.463. The molecule has 1 fully saturated rings. The highest BCUT2D eigenvalue weighted by molar-refractivity contribution is 7.10. The van der Waals surface area contributed by atoms with E-state index in [2.05, 4.69) is 4.90 Å². The minimum Gasteiger partial charge on any atom is -0.508 e. The van der Waals surface area contributed by atoms with Gasteiger partial charge in [0.05, 0.1) is 19.3 Å². The fourth-order valence-electron chi connectivity index (χ4n) is 3.03. The van der Waals surface area contributed by atoms with Gasteiger partial charge in [-0.15, -0.1) is 11.3 Å². The number of thiophene rings is 1. The average molecular weight is 333 g/mol. The van der Waals surface area contributed by atoms with Gasteiger partial charge < -0.3 is 14.9 Å². The number of phenols is 1. The maximum Gasteiger partial charge on any atom is 0.120 e. The predicted molar refractivity (Wildman–Crippen MR) is 91.8 cm³/mol. The summed E-state index contributed by atoms with van der Waals surface area (Å²) in [5.41, 5.74) is 2.07. The molecule has 2 aromatic rings. The summed E-state index contributed by atoms with van der Waals surface area (Å²) in [6.45, 7) is 4.83. The first-order valence-electron chi connectivity index (χ1n) is 7.95. The number of aliphatic hydroxyl groups excluding tert-OH is 1. The Kier molecular flexibility index (Phi) is 5.33. The van der Waals surface area contributed by atoms with Crippen molar-refractivity contribution in [2.75, 3.05) is 19.8 Å². The molecule has 0 radical (unpaired) electrons. The largest absolute Gasteiger partial charge is 0.508 e. The van der Waals surface area contributed by atoms with Crippen molar-refractivity contribution in [1.29, 1.82) is 0 Å². The van der Waals surface area contributed by atoms with Crippen LogP contribution in [0, 0.1) is 6.92 Å². The molecular formula is C18H23NO3S. The second kappa shape index (κ2) is 7.45. The van der Waals surface area contributed by atoms with E-state index in [9.17, 15) is 10.2 Å². The van der Waals surface area contributed by atoms with Gasteiger partial charge in [0.1, 0.15) is 5.75 Å². The molecule has 0 saturated carbocycles. The third-order valence-corrected chi connectivity index (χ3v) is 5.30. The van der Waals surface area contributed by atoms with Gasteiger partial charge in [0.25, 0.3) is 0 Å². The van der Waals surface area contributed by atoms with Gasteiger partial charge in [-0.05, 0) is 30.9 Å². The second-order valence-electron chi connectivity index (χ2n) is 6.10. The molecule has 0 bridgehead atoms. The first-order valence-corrected chi connectivity index (χ1v) is 8.83. The summed E-state index contributed by atoms with van der Waals surface area (Å²) in [5, 5.41) is 22.5. The Bertz CT molecular complexity index is 629. The van der Waals surface area contributed by atoms with Gasteiger partial charge in [0.15, 0.2) is 0 Å². The van der Waals surface area contributed by atoms with Crippen LogP contribution < -0.4 is 0 Å². The van der Waals surface area contributed by atoms with Crippen molar-refractivity contribution in [3.63, 3.8) is 0 Å². The van der Waals surface area contributed by atoms with Crippen molar-refractivity contribution in [3.8, 4) is 5.75 Å². The molecule has 5 heteroatoms. The minimum absolute atomic E-state index is 0.153. The standard InChI is InChI=1S/C18H23NO3S/c1-13-4-5-16(20)14(9-13)11-19-6-7-22-12-15(19)10-17(21)18-3-2-8-23-18/h2-5,8-9,15,17,20-21H,6-7,10-12H2,1H3. The third-order valence-electron chi connectivity index (χ3n) is 4.32. The number of hydrogen-bond donors (Lipinski definition) is 2.